The Bertz CT molecular complexity index is 499. The molecule has 4 heteroatoms. The van der Waals surface area contributed by atoms with Crippen LogP contribution < -0.4 is 0 Å². The van der Waals surface area contributed by atoms with Crippen molar-refractivity contribution in [1.82, 2.24) is 0 Å². The van der Waals surface area contributed by atoms with E-state index in [0.717, 1.165) is 6.42 Å². The van der Waals surface area contributed by atoms with Crippen molar-refractivity contribution in [3.63, 3.8) is 0 Å². The van der Waals surface area contributed by atoms with Gasteiger partial charge in [0.15, 0.2) is 12.1 Å². The maximum Gasteiger partial charge on any atom is 0.190 e. The Kier molecular flexibility index (Phi) is 4.06. The number of rotatable bonds is 4. The van der Waals surface area contributed by atoms with Gasteiger partial charge in [0.25, 0.3) is 0 Å². The average Bonchev–Trinajstić information content (AvgIpc) is 2.89. The van der Waals surface area contributed by atoms with Gasteiger partial charge in [0.1, 0.15) is 12.2 Å². The summed E-state index contributed by atoms with van der Waals surface area (Å²) in [6.07, 6.45) is 0.376. The molecule has 1 aromatic rings. The molecule has 0 radical (unpaired) electrons. The second kappa shape index (κ2) is 5.69. The van der Waals surface area contributed by atoms with E-state index in [9.17, 15) is 0 Å². The van der Waals surface area contributed by atoms with Gasteiger partial charge in [0, 0.05) is 0 Å². The van der Waals surface area contributed by atoms with E-state index in [1.54, 1.807) is 0 Å². The zero-order chi connectivity index (χ0) is 15.0. The highest BCUT2D eigenvalue weighted by Crippen LogP contribution is 2.39. The van der Waals surface area contributed by atoms with Gasteiger partial charge in [-0.15, -0.1) is 0 Å². The van der Waals surface area contributed by atoms with Crippen LogP contribution in [0.2, 0.25) is 0 Å². The largest absolute Gasteiger partial charge is 0.368 e. The summed E-state index contributed by atoms with van der Waals surface area (Å²) in [7, 11) is 0. The normalized spacial score (nSPS) is 34.1. The van der Waals surface area contributed by atoms with Gasteiger partial charge in [0.05, 0.1) is 12.7 Å². The summed E-state index contributed by atoms with van der Waals surface area (Å²) in [4.78, 5) is 0. The molecule has 3 rings (SSSR count). The van der Waals surface area contributed by atoms with Gasteiger partial charge in [-0.25, -0.2) is 0 Å². The third-order valence-electron chi connectivity index (χ3n) is 4.18. The standard InChI is InChI=1S/C17H24O4/c1-5-13-14(15-16(19-13)21-17(3,4)20-15)18-10-12-9-7-6-8-11(12)2/h6-9,13-16H,5,10H2,1-4H3/t13-,14+,15-,16-/m1/s1. The van der Waals surface area contributed by atoms with Gasteiger partial charge < -0.3 is 18.9 Å². The molecule has 4 atom stereocenters. The SMILES string of the molecule is CC[C@H]1O[C@@H]2OC(C)(C)O[C@@H]2[C@H]1OCc1ccccc1C. The van der Waals surface area contributed by atoms with E-state index in [4.69, 9.17) is 18.9 Å². The maximum atomic E-state index is 6.15. The molecule has 1 aromatic carbocycles. The van der Waals surface area contributed by atoms with Crippen LogP contribution in [0.5, 0.6) is 0 Å². The van der Waals surface area contributed by atoms with Gasteiger partial charge >= 0.3 is 0 Å². The second-order valence-corrected chi connectivity index (χ2v) is 6.25. The summed E-state index contributed by atoms with van der Waals surface area (Å²) in [5, 5.41) is 0. The van der Waals surface area contributed by atoms with Crippen molar-refractivity contribution in [1.29, 1.82) is 0 Å². The minimum atomic E-state index is -0.599. The van der Waals surface area contributed by atoms with Crippen LogP contribution in [0, 0.1) is 6.92 Å². The highest BCUT2D eigenvalue weighted by molar-refractivity contribution is 5.24. The van der Waals surface area contributed by atoms with Crippen LogP contribution in [0.25, 0.3) is 0 Å². The third kappa shape index (κ3) is 2.99. The first kappa shape index (κ1) is 15.0. The molecule has 2 fully saturated rings. The first-order valence-corrected chi connectivity index (χ1v) is 7.67. The molecule has 2 heterocycles. The van der Waals surface area contributed by atoms with Crippen molar-refractivity contribution in [2.24, 2.45) is 0 Å². The maximum absolute atomic E-state index is 6.15. The zero-order valence-electron chi connectivity index (χ0n) is 13.2. The molecule has 0 bridgehead atoms. The minimum Gasteiger partial charge on any atom is -0.368 e. The topological polar surface area (TPSA) is 36.9 Å². The quantitative estimate of drug-likeness (QED) is 0.854. The molecule has 0 unspecified atom stereocenters. The molecule has 4 nitrogen and oxygen atoms in total. The molecule has 21 heavy (non-hydrogen) atoms. The Morgan fingerprint density at radius 3 is 2.67 bits per heavy atom. The van der Waals surface area contributed by atoms with E-state index in [0.29, 0.717) is 6.61 Å². The highest BCUT2D eigenvalue weighted by Gasteiger charge is 2.54. The Labute approximate surface area is 126 Å². The van der Waals surface area contributed by atoms with Crippen molar-refractivity contribution in [3.05, 3.63) is 35.4 Å². The van der Waals surface area contributed by atoms with Crippen molar-refractivity contribution in [2.45, 2.75) is 71.1 Å². The zero-order valence-corrected chi connectivity index (χ0v) is 13.2. The first-order chi connectivity index (χ1) is 10.00. The summed E-state index contributed by atoms with van der Waals surface area (Å²) in [5.74, 6) is -0.599. The smallest absolute Gasteiger partial charge is 0.190 e. The van der Waals surface area contributed by atoms with Crippen LogP contribution >= 0.6 is 0 Å². The predicted octanol–water partition coefficient (Wildman–Crippen LogP) is 3.17. The lowest BCUT2D eigenvalue weighted by Crippen LogP contribution is -2.36. The molecule has 0 N–H and O–H groups in total. The van der Waals surface area contributed by atoms with Crippen molar-refractivity contribution >= 4 is 0 Å². The highest BCUT2D eigenvalue weighted by atomic mass is 16.8. The third-order valence-corrected chi connectivity index (χ3v) is 4.18. The molecule has 0 aromatic heterocycles. The van der Waals surface area contributed by atoms with E-state index in [1.807, 2.05) is 26.0 Å². The van der Waals surface area contributed by atoms with E-state index >= 15 is 0 Å². The van der Waals surface area contributed by atoms with Crippen LogP contribution in [0.15, 0.2) is 24.3 Å². The number of hydrogen-bond acceptors (Lipinski definition) is 4. The summed E-state index contributed by atoms with van der Waals surface area (Å²) in [6.45, 7) is 8.59. The number of aryl methyl sites for hydroxylation is 1. The first-order valence-electron chi connectivity index (χ1n) is 7.67. The number of benzene rings is 1. The molecule has 2 saturated heterocycles. The molecule has 2 aliphatic heterocycles. The van der Waals surface area contributed by atoms with E-state index < -0.39 is 5.79 Å². The van der Waals surface area contributed by atoms with E-state index in [-0.39, 0.29) is 24.6 Å². The monoisotopic (exact) mass is 292 g/mol. The molecule has 116 valence electrons. The number of ether oxygens (including phenoxy) is 4. The predicted molar refractivity (Wildman–Crippen MR) is 78.7 cm³/mol. The van der Waals surface area contributed by atoms with E-state index in [2.05, 4.69) is 26.0 Å². The van der Waals surface area contributed by atoms with Crippen LogP contribution in [0.3, 0.4) is 0 Å². The summed E-state index contributed by atoms with van der Waals surface area (Å²) >= 11 is 0. The average molecular weight is 292 g/mol. The Morgan fingerprint density at radius 2 is 1.95 bits per heavy atom. The summed E-state index contributed by atoms with van der Waals surface area (Å²) < 4.78 is 23.8. The van der Waals surface area contributed by atoms with Gasteiger partial charge in [-0.05, 0) is 38.3 Å². The van der Waals surface area contributed by atoms with Crippen LogP contribution in [0.1, 0.15) is 38.3 Å². The lowest BCUT2D eigenvalue weighted by atomic mass is 10.1. The second-order valence-electron chi connectivity index (χ2n) is 6.25. The molecule has 2 aliphatic rings. The van der Waals surface area contributed by atoms with Gasteiger partial charge in [-0.3, -0.25) is 0 Å². The van der Waals surface area contributed by atoms with Crippen LogP contribution in [-0.2, 0) is 25.6 Å². The summed E-state index contributed by atoms with van der Waals surface area (Å²) in [6, 6.07) is 8.27. The van der Waals surface area contributed by atoms with Gasteiger partial charge in [-0.2, -0.15) is 0 Å². The number of hydrogen-bond donors (Lipinski definition) is 0. The fourth-order valence-corrected chi connectivity index (χ4v) is 3.03. The molecular formula is C17H24O4. The van der Waals surface area contributed by atoms with Crippen molar-refractivity contribution in [3.8, 4) is 0 Å². The van der Waals surface area contributed by atoms with Crippen molar-refractivity contribution in [2.75, 3.05) is 0 Å². The van der Waals surface area contributed by atoms with Crippen molar-refractivity contribution < 1.29 is 18.9 Å². The summed E-state index contributed by atoms with van der Waals surface area (Å²) in [5.41, 5.74) is 2.44. The lowest BCUT2D eigenvalue weighted by molar-refractivity contribution is -0.219. The van der Waals surface area contributed by atoms with Gasteiger partial charge in [0.2, 0.25) is 0 Å². The van der Waals surface area contributed by atoms with Crippen LogP contribution in [0.4, 0.5) is 0 Å². The Balaban J connectivity index is 1.69. The minimum absolute atomic E-state index is 0.0279. The fraction of sp³-hybridized carbons (Fsp3) is 0.647. The Hall–Kier alpha value is -0.940. The molecule has 0 aliphatic carbocycles. The fourth-order valence-electron chi connectivity index (χ4n) is 3.03. The van der Waals surface area contributed by atoms with E-state index in [1.165, 1.54) is 11.1 Å². The number of fused-ring (bicyclic) bond motifs is 1. The van der Waals surface area contributed by atoms with Gasteiger partial charge in [-0.1, -0.05) is 31.2 Å². The van der Waals surface area contributed by atoms with Crippen LogP contribution in [-0.4, -0.2) is 30.4 Å². The molecule has 0 amide bonds. The molecule has 0 spiro atoms. The Morgan fingerprint density at radius 1 is 1.19 bits per heavy atom. The molecular weight excluding hydrogens is 268 g/mol. The lowest BCUT2D eigenvalue weighted by Gasteiger charge is -2.25. The molecule has 0 saturated carbocycles.